The van der Waals surface area contributed by atoms with E-state index in [0.717, 1.165) is 0 Å². The third kappa shape index (κ3) is 4.17. The monoisotopic (exact) mass is 145 g/mol. The molecule has 0 heterocycles. The van der Waals surface area contributed by atoms with E-state index >= 15 is 0 Å². The van der Waals surface area contributed by atoms with Crippen molar-refractivity contribution in [1.82, 2.24) is 5.32 Å². The Labute approximate surface area is 59.2 Å². The van der Waals surface area contributed by atoms with E-state index in [2.05, 4.69) is 5.32 Å². The summed E-state index contributed by atoms with van der Waals surface area (Å²) in [5.41, 5.74) is 0. The quantitative estimate of drug-likeness (QED) is 0.396. The molecule has 0 spiro atoms. The van der Waals surface area contributed by atoms with Crippen molar-refractivity contribution in [2.24, 2.45) is 0 Å². The van der Waals surface area contributed by atoms with Gasteiger partial charge in [-0.15, -0.1) is 0 Å². The first-order valence-electron chi connectivity index (χ1n) is 2.99. The van der Waals surface area contributed by atoms with Gasteiger partial charge in [-0.3, -0.25) is 14.9 Å². The molecular formula is C6H11NO3. The first-order valence-corrected chi connectivity index (χ1v) is 2.99. The summed E-state index contributed by atoms with van der Waals surface area (Å²) in [5.74, 6) is -1.01. The Balaban J connectivity index is 3.50. The van der Waals surface area contributed by atoms with Crippen LogP contribution in [-0.4, -0.2) is 29.4 Å². The van der Waals surface area contributed by atoms with Crippen molar-refractivity contribution in [1.29, 1.82) is 0 Å². The van der Waals surface area contributed by atoms with Gasteiger partial charge >= 0.3 is 0 Å². The summed E-state index contributed by atoms with van der Waals surface area (Å²) in [7, 11) is 0. The highest BCUT2D eigenvalue weighted by Gasteiger charge is 2.06. The van der Waals surface area contributed by atoms with Crippen LogP contribution in [0.2, 0.25) is 0 Å². The highest BCUT2D eigenvalue weighted by Crippen LogP contribution is 1.75. The highest BCUT2D eigenvalue weighted by molar-refractivity contribution is 6.37. The number of ketones is 2. The van der Waals surface area contributed by atoms with Crippen LogP contribution in [0.1, 0.15) is 13.8 Å². The number of hydrogen-bond acceptors (Lipinski definition) is 4. The van der Waals surface area contributed by atoms with Crippen molar-refractivity contribution in [3.8, 4) is 0 Å². The summed E-state index contributed by atoms with van der Waals surface area (Å²) in [6.45, 7) is 2.59. The molecule has 0 amide bonds. The van der Waals surface area contributed by atoms with E-state index in [0.29, 0.717) is 0 Å². The van der Waals surface area contributed by atoms with Gasteiger partial charge in [0.2, 0.25) is 5.78 Å². The Bertz CT molecular complexity index is 142. The Kier molecular flexibility index (Phi) is 3.83. The minimum absolute atomic E-state index is 0.0903. The molecule has 0 aromatic heterocycles. The maximum Gasteiger partial charge on any atom is 0.211 e. The molecule has 0 aliphatic heterocycles. The molecule has 10 heavy (non-hydrogen) atoms. The summed E-state index contributed by atoms with van der Waals surface area (Å²) < 4.78 is 0. The largest absolute Gasteiger partial charge is 0.379 e. The molecule has 1 unspecified atom stereocenters. The summed E-state index contributed by atoms with van der Waals surface area (Å²) >= 11 is 0. The fraction of sp³-hybridized carbons (Fsp3) is 0.667. The highest BCUT2D eigenvalue weighted by atomic mass is 16.3. The lowest BCUT2D eigenvalue weighted by Crippen LogP contribution is -2.33. The van der Waals surface area contributed by atoms with Crippen LogP contribution in [-0.2, 0) is 9.59 Å². The number of nitrogens with one attached hydrogen (secondary N) is 1. The average molecular weight is 145 g/mol. The van der Waals surface area contributed by atoms with E-state index in [-0.39, 0.29) is 6.54 Å². The fourth-order valence-corrected chi connectivity index (χ4v) is 0.365. The van der Waals surface area contributed by atoms with Crippen LogP contribution in [0.3, 0.4) is 0 Å². The minimum Gasteiger partial charge on any atom is -0.379 e. The number of Topliss-reactive ketones (excluding diaryl/α,β-unsaturated/α-hetero) is 2. The van der Waals surface area contributed by atoms with Crippen LogP contribution >= 0.6 is 0 Å². The standard InChI is InChI=1S/C6H11NO3/c1-4(8)6(10)3-7-5(2)9/h5,7,9H,3H2,1-2H3. The van der Waals surface area contributed by atoms with Gasteiger partial charge in [-0.1, -0.05) is 0 Å². The second-order valence-corrected chi connectivity index (χ2v) is 2.04. The zero-order chi connectivity index (χ0) is 8.15. The first-order chi connectivity index (χ1) is 4.54. The fourth-order valence-electron chi connectivity index (χ4n) is 0.365. The molecule has 0 fully saturated rings. The molecule has 0 saturated carbocycles. The van der Waals surface area contributed by atoms with Crippen LogP contribution in [0.5, 0.6) is 0 Å². The Hall–Kier alpha value is -0.740. The molecule has 0 radical (unpaired) electrons. The zero-order valence-electron chi connectivity index (χ0n) is 6.05. The number of aliphatic hydroxyl groups is 1. The average Bonchev–Trinajstić information content (AvgIpc) is 1.82. The van der Waals surface area contributed by atoms with Crippen LogP contribution in [0.25, 0.3) is 0 Å². The van der Waals surface area contributed by atoms with E-state index in [1.807, 2.05) is 0 Å². The molecule has 4 heteroatoms. The van der Waals surface area contributed by atoms with Gasteiger partial charge in [0.25, 0.3) is 0 Å². The van der Waals surface area contributed by atoms with E-state index in [4.69, 9.17) is 5.11 Å². The number of carbonyl (C=O) groups excluding carboxylic acids is 2. The van der Waals surface area contributed by atoms with E-state index in [1.54, 1.807) is 0 Å². The molecule has 0 aromatic carbocycles. The SMILES string of the molecule is CC(=O)C(=O)CNC(C)O. The van der Waals surface area contributed by atoms with Crippen LogP contribution in [0, 0.1) is 0 Å². The van der Waals surface area contributed by atoms with Gasteiger partial charge in [0.15, 0.2) is 5.78 Å². The molecule has 0 aliphatic rings. The molecule has 1 atom stereocenters. The van der Waals surface area contributed by atoms with Gasteiger partial charge in [0, 0.05) is 6.92 Å². The van der Waals surface area contributed by atoms with Gasteiger partial charge in [0.05, 0.1) is 6.54 Å². The van der Waals surface area contributed by atoms with Crippen molar-refractivity contribution in [3.05, 3.63) is 0 Å². The zero-order valence-corrected chi connectivity index (χ0v) is 6.05. The number of hydrogen-bond donors (Lipinski definition) is 2. The molecule has 0 rings (SSSR count). The van der Waals surface area contributed by atoms with Crippen molar-refractivity contribution in [3.63, 3.8) is 0 Å². The number of rotatable bonds is 4. The van der Waals surface area contributed by atoms with Crippen LogP contribution < -0.4 is 5.32 Å². The Morgan fingerprint density at radius 3 is 2.40 bits per heavy atom. The topological polar surface area (TPSA) is 66.4 Å². The summed E-state index contributed by atoms with van der Waals surface area (Å²) in [4.78, 5) is 20.8. The van der Waals surface area contributed by atoms with Gasteiger partial charge in [-0.2, -0.15) is 0 Å². The lowest BCUT2D eigenvalue weighted by Gasteiger charge is -2.03. The number of aliphatic hydroxyl groups excluding tert-OH is 1. The molecule has 4 nitrogen and oxygen atoms in total. The molecule has 0 aromatic rings. The van der Waals surface area contributed by atoms with Crippen LogP contribution in [0.4, 0.5) is 0 Å². The van der Waals surface area contributed by atoms with Gasteiger partial charge < -0.3 is 5.11 Å². The van der Waals surface area contributed by atoms with E-state index < -0.39 is 17.8 Å². The third-order valence-corrected chi connectivity index (χ3v) is 0.951. The van der Waals surface area contributed by atoms with Crippen molar-refractivity contribution < 1.29 is 14.7 Å². The smallest absolute Gasteiger partial charge is 0.211 e. The summed E-state index contributed by atoms with van der Waals surface area (Å²) in [6.07, 6.45) is -0.747. The predicted molar refractivity (Wildman–Crippen MR) is 35.4 cm³/mol. The van der Waals surface area contributed by atoms with Gasteiger partial charge in [-0.25, -0.2) is 0 Å². The summed E-state index contributed by atoms with van der Waals surface area (Å²) in [5, 5.41) is 11.0. The number of carbonyl (C=O) groups is 2. The molecule has 0 bridgehead atoms. The second-order valence-electron chi connectivity index (χ2n) is 2.04. The molecule has 2 N–H and O–H groups in total. The van der Waals surface area contributed by atoms with Gasteiger partial charge in [0.1, 0.15) is 6.23 Å². The Morgan fingerprint density at radius 1 is 1.60 bits per heavy atom. The minimum atomic E-state index is -0.747. The molecule has 58 valence electrons. The molecular weight excluding hydrogens is 134 g/mol. The molecule has 0 aliphatic carbocycles. The lowest BCUT2D eigenvalue weighted by atomic mass is 10.3. The summed E-state index contributed by atoms with van der Waals surface area (Å²) in [6, 6.07) is 0. The van der Waals surface area contributed by atoms with E-state index in [9.17, 15) is 9.59 Å². The molecule has 0 saturated heterocycles. The van der Waals surface area contributed by atoms with Crippen molar-refractivity contribution in [2.75, 3.05) is 6.54 Å². The van der Waals surface area contributed by atoms with E-state index in [1.165, 1.54) is 13.8 Å². The maximum absolute atomic E-state index is 10.5. The maximum atomic E-state index is 10.5. The third-order valence-electron chi connectivity index (χ3n) is 0.951. The van der Waals surface area contributed by atoms with Crippen molar-refractivity contribution >= 4 is 11.6 Å². The first kappa shape index (κ1) is 9.26. The second kappa shape index (κ2) is 4.14. The van der Waals surface area contributed by atoms with Crippen molar-refractivity contribution in [2.45, 2.75) is 20.1 Å². The normalized spacial score (nSPS) is 12.7. The Morgan fingerprint density at radius 2 is 2.10 bits per heavy atom. The van der Waals surface area contributed by atoms with Gasteiger partial charge in [-0.05, 0) is 6.92 Å². The predicted octanol–water partition coefficient (Wildman–Crippen LogP) is -0.928. The van der Waals surface area contributed by atoms with Crippen LogP contribution in [0.15, 0.2) is 0 Å². The lowest BCUT2D eigenvalue weighted by molar-refractivity contribution is -0.135.